The van der Waals surface area contributed by atoms with Gasteiger partial charge in [-0.1, -0.05) is 347 Å². The van der Waals surface area contributed by atoms with Gasteiger partial charge in [0.25, 0.3) is 0 Å². The van der Waals surface area contributed by atoms with Crippen molar-refractivity contribution in [3.05, 3.63) is 129 Å². The first-order valence-corrected chi connectivity index (χ1v) is 89.5. The summed E-state index contributed by atoms with van der Waals surface area (Å²) in [5, 5.41) is 5.68. The lowest BCUT2D eigenvalue weighted by atomic mass is 10.1. The molecule has 0 bridgehead atoms. The molecule has 0 saturated carbocycles. The van der Waals surface area contributed by atoms with Gasteiger partial charge in [0.2, 0.25) is 0 Å². The van der Waals surface area contributed by atoms with Gasteiger partial charge >= 0.3 is 0 Å². The van der Waals surface area contributed by atoms with Crippen molar-refractivity contribution in [2.24, 2.45) is 0 Å². The fraction of sp³-hybridized carbons (Fsp3) is 0.632. The van der Waals surface area contributed by atoms with Gasteiger partial charge in [-0.2, -0.15) is 0 Å². The Bertz CT molecular complexity index is 2940. The molecule has 0 unspecified atom stereocenters. The minimum Gasteiger partial charge on any atom is -0.101 e. The number of hydrogen-bond donors (Lipinski definition) is 0. The van der Waals surface area contributed by atoms with Crippen molar-refractivity contribution < 1.29 is 0 Å². The summed E-state index contributed by atoms with van der Waals surface area (Å²) < 4.78 is 0.419. The molecule has 0 fully saturated rings. The average molecular weight is 1510 g/mol. The molecule has 4 aromatic rings. The maximum absolute atomic E-state index is 4.79. The zero-order valence-electron chi connectivity index (χ0n) is 68.4. The van der Waals surface area contributed by atoms with Crippen LogP contribution in [0.25, 0.3) is 0 Å². The van der Waals surface area contributed by atoms with Gasteiger partial charge in [-0.25, -0.2) is 0 Å². The molecule has 0 atom stereocenters. The van der Waals surface area contributed by atoms with Gasteiger partial charge in [-0.15, -0.1) is 11.1 Å². The number of hydrogen-bond acceptors (Lipinski definition) is 0. The number of rotatable bonds is 22. The molecule has 0 N–H and O–H groups in total. The standard InChI is InChI=1S/C76H144Si16/c1-79(2,3)71(80(4,5)6)65-57-63(75(87(25,26)27,88(28,29)30)89(31,32)33)58-66(72(81(7,8)9)82(10,11)12)69(65)77(55-53-61-49-45-43-46-50-61)78(56-54-62-51-47-44-48-52-62)70-67(73(83(13,14)15)84(16,17)18)59-64(60-68(70)74(85(19,20)21)86(22,23)24)76(90(34,35)36,91(37,38)39)92(40,41)42/h43-52,57-60,71-74H,1-42H3/b78-77+. The third kappa shape index (κ3) is 17.6. The van der Waals surface area contributed by atoms with Crippen molar-refractivity contribution in [1.82, 2.24) is 0 Å². The Morgan fingerprint density at radius 1 is 0.250 bits per heavy atom. The fourth-order valence-corrected chi connectivity index (χ4v) is 143. The molecular weight excluding hydrogens is 1360 g/mol. The topological polar surface area (TPSA) is 0 Å². The summed E-state index contributed by atoms with van der Waals surface area (Å²) in [4.78, 5) is 0. The smallest absolute Gasteiger partial charge is 0.101 e. The van der Waals surface area contributed by atoms with E-state index in [9.17, 15) is 0 Å². The van der Waals surface area contributed by atoms with Gasteiger partial charge < -0.3 is 0 Å². The van der Waals surface area contributed by atoms with Crippen molar-refractivity contribution >= 4 is 139 Å². The predicted octanol–water partition coefficient (Wildman–Crippen LogP) is 23.1. The highest BCUT2D eigenvalue weighted by Crippen LogP contribution is 2.54. The molecule has 0 amide bonds. The van der Waals surface area contributed by atoms with Crippen molar-refractivity contribution in [2.45, 2.75) is 304 Å². The molecule has 4 rings (SSSR count). The first-order valence-electron chi connectivity index (χ1n) is 35.8. The molecule has 512 valence electrons. The molecule has 0 spiro atoms. The minimum atomic E-state index is -2.03. The van der Waals surface area contributed by atoms with Gasteiger partial charge in [0.15, 0.2) is 0 Å². The van der Waals surface area contributed by atoms with Crippen LogP contribution in [0.5, 0.6) is 0 Å². The van der Waals surface area contributed by atoms with E-state index < -0.39 is 129 Å². The van der Waals surface area contributed by atoms with Crippen LogP contribution in [-0.2, 0) is 8.57 Å². The maximum atomic E-state index is 4.79. The maximum Gasteiger partial charge on any atom is 0.134 e. The van der Waals surface area contributed by atoms with E-state index in [1.807, 2.05) is 0 Å². The van der Waals surface area contributed by atoms with Crippen molar-refractivity contribution in [3.63, 3.8) is 0 Å². The van der Waals surface area contributed by atoms with Gasteiger partial charge in [0, 0.05) is 124 Å². The zero-order chi connectivity index (χ0) is 72.0. The Morgan fingerprint density at radius 2 is 0.413 bits per heavy atom. The molecule has 0 saturated heterocycles. The van der Waals surface area contributed by atoms with Crippen molar-refractivity contribution in [3.8, 4) is 22.9 Å². The van der Waals surface area contributed by atoms with Gasteiger partial charge in [0.05, 0.1) is 0 Å². The third-order valence-corrected chi connectivity index (χ3v) is 108. The van der Waals surface area contributed by atoms with Crippen LogP contribution in [0, 0.1) is 22.9 Å². The average Bonchev–Trinajstić information content (AvgIpc) is 0.701. The monoisotopic (exact) mass is 1500 g/mol. The molecule has 0 heterocycles. The summed E-state index contributed by atoms with van der Waals surface area (Å²) in [5.41, 5.74) is 22.6. The van der Waals surface area contributed by atoms with Gasteiger partial charge in [0.1, 0.15) is 15.8 Å². The van der Waals surface area contributed by atoms with E-state index in [-0.39, 0.29) is 8.57 Å². The Hall–Kier alpha value is -0.530. The van der Waals surface area contributed by atoms with Crippen LogP contribution in [0.4, 0.5) is 0 Å². The predicted molar refractivity (Wildman–Crippen MR) is 471 cm³/mol. The Kier molecular flexibility index (Phi) is 25.3. The highest BCUT2D eigenvalue weighted by atomic mass is 28.9. The zero-order valence-corrected chi connectivity index (χ0v) is 84.4. The molecule has 0 aliphatic rings. The summed E-state index contributed by atoms with van der Waals surface area (Å²) >= 11 is 0. The quantitative estimate of drug-likeness (QED) is 0.0543. The Morgan fingerprint density at radius 3 is 0.554 bits per heavy atom. The highest BCUT2D eigenvalue weighted by Gasteiger charge is 2.63. The van der Waals surface area contributed by atoms with Crippen LogP contribution < -0.4 is 10.4 Å². The lowest BCUT2D eigenvalue weighted by Gasteiger charge is -2.60. The highest BCUT2D eigenvalue weighted by molar-refractivity contribution is 7.18. The molecule has 0 radical (unpaired) electrons. The molecule has 92 heavy (non-hydrogen) atoms. The van der Waals surface area contributed by atoms with E-state index in [0.29, 0.717) is 20.7 Å². The van der Waals surface area contributed by atoms with Crippen molar-refractivity contribution in [2.75, 3.05) is 0 Å². The summed E-state index contributed by atoms with van der Waals surface area (Å²) in [5.74, 6) is 8.56. The summed E-state index contributed by atoms with van der Waals surface area (Å²) in [6.07, 6.45) is 0. The molecule has 0 aliphatic carbocycles. The van der Waals surface area contributed by atoms with Gasteiger partial charge in [-0.05, 0) is 97.2 Å². The summed E-state index contributed by atoms with van der Waals surface area (Å²) in [6.45, 7) is 118. The van der Waals surface area contributed by atoms with Crippen LogP contribution in [0.1, 0.15) is 65.2 Å². The largest absolute Gasteiger partial charge is 0.134 e. The molecule has 0 aromatic heterocycles. The van der Waals surface area contributed by atoms with E-state index >= 15 is 0 Å². The third-order valence-electron chi connectivity index (χ3n) is 21.1. The van der Waals surface area contributed by atoms with E-state index in [1.54, 1.807) is 43.8 Å². The van der Waals surface area contributed by atoms with Crippen LogP contribution in [0.3, 0.4) is 0 Å². The van der Waals surface area contributed by atoms with E-state index in [1.165, 1.54) is 0 Å². The van der Waals surface area contributed by atoms with Crippen LogP contribution >= 0.6 is 0 Å². The molecule has 0 aliphatic heterocycles. The van der Waals surface area contributed by atoms with Crippen LogP contribution in [0.2, 0.25) is 275 Å². The lowest BCUT2D eigenvalue weighted by molar-refractivity contribution is 0.993. The lowest BCUT2D eigenvalue weighted by Crippen LogP contribution is -2.74. The molecular formula is C76H144Si16. The Balaban J connectivity index is 3.14. The first kappa shape index (κ1) is 83.9. The first-order chi connectivity index (χ1) is 40.6. The van der Waals surface area contributed by atoms with E-state index in [4.69, 9.17) is 11.1 Å². The number of benzene rings is 4. The normalized spacial score (nSPS) is 15.0. The molecule has 16 heteroatoms. The van der Waals surface area contributed by atoms with E-state index in [0.717, 1.165) is 11.1 Å². The summed E-state index contributed by atoms with van der Waals surface area (Å²) in [7, 11) is -32.1. The van der Waals surface area contributed by atoms with Crippen LogP contribution in [0.15, 0.2) is 84.9 Å². The second-order valence-electron chi connectivity index (χ2n) is 43.7. The van der Waals surface area contributed by atoms with Gasteiger partial charge in [-0.3, -0.25) is 0 Å². The van der Waals surface area contributed by atoms with Crippen molar-refractivity contribution in [1.29, 1.82) is 0 Å². The fourth-order valence-electron chi connectivity index (χ4n) is 23.4. The molecule has 0 nitrogen and oxygen atoms in total. The van der Waals surface area contributed by atoms with Crippen LogP contribution in [-0.4, -0.2) is 129 Å². The minimum absolute atomic E-state index is 0.209. The molecule has 4 aromatic carbocycles. The summed E-state index contributed by atoms with van der Waals surface area (Å²) in [6, 6.07) is 35.2. The SMILES string of the molecule is C[Si](C)(C)C(c1cc(C([Si](C)(C)C)([Si](C)(C)C)[Si](C)(C)C)cc(C([Si](C)(C)C)[Si](C)(C)C)c1/[Si](C#Cc1ccccc1)=[Si](\C#Cc1ccccc1)c1c(C([Si](C)(C)C)[Si](C)(C)C)cc(C([Si](C)(C)C)([Si](C)(C)C)[Si](C)(C)C)cc1C([Si](C)(C)C)[Si](C)(C)C)[Si](C)(C)C. The van der Waals surface area contributed by atoms with E-state index in [2.05, 4.69) is 372 Å². The second-order valence-corrected chi connectivity index (χ2v) is 129. The second kappa shape index (κ2) is 27.8. The Labute approximate surface area is 590 Å².